The maximum atomic E-state index is 13.5. The molecule has 1 N–H and O–H groups in total. The molecule has 1 saturated heterocycles. The van der Waals surface area contributed by atoms with Gasteiger partial charge in [0.1, 0.15) is 5.82 Å². The maximum absolute atomic E-state index is 13.5. The monoisotopic (exact) mass is 366 g/mol. The molecule has 1 fully saturated rings. The molecule has 0 radical (unpaired) electrons. The van der Waals surface area contributed by atoms with Crippen LogP contribution >= 0.6 is 15.9 Å². The molecule has 5 nitrogen and oxygen atoms in total. The van der Waals surface area contributed by atoms with Gasteiger partial charge in [-0.05, 0) is 34.1 Å². The van der Waals surface area contributed by atoms with E-state index in [-0.39, 0.29) is 16.0 Å². The lowest BCUT2D eigenvalue weighted by Crippen LogP contribution is -2.49. The largest absolute Gasteiger partial charge is 0.395 e. The van der Waals surface area contributed by atoms with E-state index < -0.39 is 15.8 Å². The van der Waals surface area contributed by atoms with Gasteiger partial charge in [-0.3, -0.25) is 4.90 Å². The molecule has 0 unspecified atom stereocenters. The summed E-state index contributed by atoms with van der Waals surface area (Å²) in [6, 6.07) is 3.81. The van der Waals surface area contributed by atoms with Gasteiger partial charge in [-0.2, -0.15) is 4.31 Å². The predicted octanol–water partition coefficient (Wildman–Crippen LogP) is 0.887. The quantitative estimate of drug-likeness (QED) is 0.859. The van der Waals surface area contributed by atoms with Crippen LogP contribution in [0.4, 0.5) is 4.39 Å². The highest BCUT2D eigenvalue weighted by Crippen LogP contribution is 2.22. The number of nitrogens with zero attached hydrogens (tertiary/aromatic N) is 2. The van der Waals surface area contributed by atoms with Crippen molar-refractivity contribution in [3.63, 3.8) is 0 Å². The number of sulfonamides is 1. The lowest BCUT2D eigenvalue weighted by molar-refractivity contribution is 0.151. The lowest BCUT2D eigenvalue weighted by Gasteiger charge is -2.33. The molecule has 2 rings (SSSR count). The smallest absolute Gasteiger partial charge is 0.243 e. The van der Waals surface area contributed by atoms with Crippen LogP contribution in [-0.2, 0) is 10.0 Å². The van der Waals surface area contributed by atoms with Gasteiger partial charge in [0.2, 0.25) is 10.0 Å². The maximum Gasteiger partial charge on any atom is 0.243 e. The Hall–Kier alpha value is -0.540. The average molecular weight is 367 g/mol. The minimum atomic E-state index is -3.66. The molecule has 1 heterocycles. The Morgan fingerprint density at radius 1 is 1.25 bits per heavy atom. The summed E-state index contributed by atoms with van der Waals surface area (Å²) < 4.78 is 39.8. The second-order valence-electron chi connectivity index (χ2n) is 4.55. The van der Waals surface area contributed by atoms with Gasteiger partial charge in [0.15, 0.2) is 0 Å². The molecule has 0 aromatic heterocycles. The summed E-state index contributed by atoms with van der Waals surface area (Å²) in [5, 5.41) is 8.86. The first-order valence-electron chi connectivity index (χ1n) is 6.23. The standard InChI is InChI=1S/C12H16BrFN2O3S/c13-11-2-1-10(9-12(11)14)20(18,19)16-5-3-15(4-6-16)7-8-17/h1-2,9,17H,3-8H2. The van der Waals surface area contributed by atoms with Crippen molar-refractivity contribution in [3.05, 3.63) is 28.5 Å². The summed E-state index contributed by atoms with van der Waals surface area (Å²) in [7, 11) is -3.66. The molecule has 1 aliphatic heterocycles. The van der Waals surface area contributed by atoms with Gasteiger partial charge in [-0.25, -0.2) is 12.8 Å². The van der Waals surface area contributed by atoms with Crippen molar-refractivity contribution in [2.75, 3.05) is 39.3 Å². The third kappa shape index (κ3) is 3.37. The third-order valence-corrected chi connectivity index (χ3v) is 5.81. The number of halogens is 2. The molecule has 0 spiro atoms. The molecule has 0 atom stereocenters. The number of hydrogen-bond donors (Lipinski definition) is 1. The Balaban J connectivity index is 2.13. The fourth-order valence-electron chi connectivity index (χ4n) is 2.12. The summed E-state index contributed by atoms with van der Waals surface area (Å²) in [6.07, 6.45) is 0. The van der Waals surface area contributed by atoms with E-state index in [0.29, 0.717) is 32.7 Å². The van der Waals surface area contributed by atoms with Gasteiger partial charge >= 0.3 is 0 Å². The van der Waals surface area contributed by atoms with Crippen molar-refractivity contribution in [2.24, 2.45) is 0 Å². The summed E-state index contributed by atoms with van der Waals surface area (Å²) >= 11 is 3.00. The summed E-state index contributed by atoms with van der Waals surface area (Å²) in [6.45, 7) is 2.43. The number of aliphatic hydroxyl groups is 1. The SMILES string of the molecule is O=S(=O)(c1ccc(Br)c(F)c1)N1CCN(CCO)CC1. The average Bonchev–Trinajstić information content (AvgIpc) is 2.43. The minimum Gasteiger partial charge on any atom is -0.395 e. The van der Waals surface area contributed by atoms with Crippen LogP contribution in [0.1, 0.15) is 0 Å². The van der Waals surface area contributed by atoms with Crippen molar-refractivity contribution in [1.82, 2.24) is 9.21 Å². The van der Waals surface area contributed by atoms with E-state index >= 15 is 0 Å². The van der Waals surface area contributed by atoms with Gasteiger partial charge in [-0.15, -0.1) is 0 Å². The van der Waals surface area contributed by atoms with E-state index in [1.165, 1.54) is 16.4 Å². The molecular formula is C12H16BrFN2O3S. The van der Waals surface area contributed by atoms with Gasteiger partial charge < -0.3 is 5.11 Å². The van der Waals surface area contributed by atoms with Crippen molar-refractivity contribution in [1.29, 1.82) is 0 Å². The molecule has 112 valence electrons. The number of rotatable bonds is 4. The van der Waals surface area contributed by atoms with Crippen LogP contribution < -0.4 is 0 Å². The van der Waals surface area contributed by atoms with Crippen LogP contribution in [0.3, 0.4) is 0 Å². The van der Waals surface area contributed by atoms with E-state index in [1.807, 2.05) is 4.90 Å². The molecule has 1 aromatic carbocycles. The Morgan fingerprint density at radius 3 is 2.45 bits per heavy atom. The highest BCUT2D eigenvalue weighted by molar-refractivity contribution is 9.10. The van der Waals surface area contributed by atoms with Crippen LogP contribution in [0.2, 0.25) is 0 Å². The number of benzene rings is 1. The zero-order valence-corrected chi connectivity index (χ0v) is 13.2. The Labute approximate surface area is 126 Å². The lowest BCUT2D eigenvalue weighted by atomic mass is 10.3. The highest BCUT2D eigenvalue weighted by atomic mass is 79.9. The summed E-state index contributed by atoms with van der Waals surface area (Å²) in [5.74, 6) is -0.593. The van der Waals surface area contributed by atoms with E-state index in [4.69, 9.17) is 5.11 Å². The van der Waals surface area contributed by atoms with Crippen molar-refractivity contribution >= 4 is 26.0 Å². The third-order valence-electron chi connectivity index (χ3n) is 3.28. The first-order valence-corrected chi connectivity index (χ1v) is 8.47. The van der Waals surface area contributed by atoms with Crippen LogP contribution in [0.25, 0.3) is 0 Å². The van der Waals surface area contributed by atoms with Crippen molar-refractivity contribution in [3.8, 4) is 0 Å². The Bertz CT molecular complexity index is 574. The second-order valence-corrected chi connectivity index (χ2v) is 7.34. The number of β-amino-alcohol motifs (C(OH)–C–C–N with tert-alkyl or cyclic N) is 1. The second kappa shape index (κ2) is 6.48. The van der Waals surface area contributed by atoms with Crippen molar-refractivity contribution < 1.29 is 17.9 Å². The van der Waals surface area contributed by atoms with Gasteiger partial charge in [0.05, 0.1) is 16.0 Å². The molecule has 20 heavy (non-hydrogen) atoms. The first-order chi connectivity index (χ1) is 9.45. The predicted molar refractivity (Wildman–Crippen MR) is 76.4 cm³/mol. The fourth-order valence-corrected chi connectivity index (χ4v) is 3.80. The fraction of sp³-hybridized carbons (Fsp3) is 0.500. The van der Waals surface area contributed by atoms with Gasteiger partial charge in [-0.1, -0.05) is 0 Å². The Morgan fingerprint density at radius 2 is 1.90 bits per heavy atom. The zero-order valence-electron chi connectivity index (χ0n) is 10.8. The molecule has 0 saturated carbocycles. The minimum absolute atomic E-state index is 0.0335. The normalized spacial score (nSPS) is 18.4. The molecular weight excluding hydrogens is 351 g/mol. The van der Waals surface area contributed by atoms with Crippen LogP contribution in [0.5, 0.6) is 0 Å². The van der Waals surface area contributed by atoms with Crippen LogP contribution in [0, 0.1) is 5.82 Å². The van der Waals surface area contributed by atoms with E-state index in [0.717, 1.165) is 6.07 Å². The molecule has 0 amide bonds. The molecule has 1 aromatic rings. The molecule has 0 bridgehead atoms. The van der Waals surface area contributed by atoms with Crippen molar-refractivity contribution in [2.45, 2.75) is 4.90 Å². The number of aliphatic hydroxyl groups excluding tert-OH is 1. The molecule has 8 heteroatoms. The molecule has 1 aliphatic rings. The van der Waals surface area contributed by atoms with Gasteiger partial charge in [0.25, 0.3) is 0 Å². The van der Waals surface area contributed by atoms with Gasteiger partial charge in [0, 0.05) is 32.7 Å². The summed E-state index contributed by atoms with van der Waals surface area (Å²) in [4.78, 5) is 1.96. The van der Waals surface area contributed by atoms with E-state index in [9.17, 15) is 12.8 Å². The number of hydrogen-bond acceptors (Lipinski definition) is 4. The summed E-state index contributed by atoms with van der Waals surface area (Å²) in [5.41, 5.74) is 0. The van der Waals surface area contributed by atoms with Crippen LogP contribution in [-0.4, -0.2) is 62.1 Å². The Kier molecular flexibility index (Phi) is 5.14. The highest BCUT2D eigenvalue weighted by Gasteiger charge is 2.28. The van der Waals surface area contributed by atoms with E-state index in [2.05, 4.69) is 15.9 Å². The first kappa shape index (κ1) is 15.8. The topological polar surface area (TPSA) is 60.9 Å². The van der Waals surface area contributed by atoms with Crippen LogP contribution in [0.15, 0.2) is 27.6 Å². The van der Waals surface area contributed by atoms with E-state index in [1.54, 1.807) is 0 Å². The number of piperazine rings is 1. The zero-order chi connectivity index (χ0) is 14.8. The molecule has 0 aliphatic carbocycles.